The third kappa shape index (κ3) is 4.71. The Morgan fingerprint density at radius 3 is 2.52 bits per heavy atom. The molecule has 14 heteroatoms. The fraction of sp³-hybridized carbons (Fsp3) is 0.0714. The van der Waals surface area contributed by atoms with E-state index in [2.05, 4.69) is 20.7 Å². The second-order valence-corrected chi connectivity index (χ2v) is 9.72. The zero-order valence-corrected chi connectivity index (χ0v) is 21.5. The standard InChI is InChI=1S/C28H14ClF6N5O2/c29-20-2-1-15(30)10-18(20)24-22-19(27(42)39-24)7-12(17-3-4-40-25(23(17)32)36-11-37-40)8-21(22)38-26(41)13-5-14(28(33,34)35)9-16(31)6-13/h1-11,24H,(H,38,41)(H,39,42). The van der Waals surface area contributed by atoms with Crippen molar-refractivity contribution < 1.29 is 35.9 Å². The summed E-state index contributed by atoms with van der Waals surface area (Å²) >= 11 is 6.30. The van der Waals surface area contributed by atoms with E-state index in [4.69, 9.17) is 11.6 Å². The first-order chi connectivity index (χ1) is 19.9. The highest BCUT2D eigenvalue weighted by Crippen LogP contribution is 2.42. The van der Waals surface area contributed by atoms with Crippen molar-refractivity contribution in [3.8, 4) is 11.1 Å². The lowest BCUT2D eigenvalue weighted by Crippen LogP contribution is -2.21. The van der Waals surface area contributed by atoms with Gasteiger partial charge in [0.25, 0.3) is 11.8 Å². The molecule has 0 aliphatic carbocycles. The lowest BCUT2D eigenvalue weighted by atomic mass is 9.92. The molecule has 6 rings (SSSR count). The van der Waals surface area contributed by atoms with Crippen LogP contribution in [-0.4, -0.2) is 26.4 Å². The molecule has 2 aromatic heterocycles. The zero-order chi connectivity index (χ0) is 29.9. The number of aromatic nitrogens is 3. The summed E-state index contributed by atoms with van der Waals surface area (Å²) in [5.41, 5.74) is -2.14. The van der Waals surface area contributed by atoms with Crippen LogP contribution in [0.3, 0.4) is 0 Å². The number of benzene rings is 3. The molecule has 0 saturated heterocycles. The van der Waals surface area contributed by atoms with E-state index in [1.165, 1.54) is 35.0 Å². The molecule has 0 saturated carbocycles. The maximum Gasteiger partial charge on any atom is 0.416 e. The number of halogens is 7. The summed E-state index contributed by atoms with van der Waals surface area (Å²) in [6.45, 7) is 0. The van der Waals surface area contributed by atoms with Crippen molar-refractivity contribution >= 4 is 34.7 Å². The fourth-order valence-electron chi connectivity index (χ4n) is 4.82. The Morgan fingerprint density at radius 1 is 0.976 bits per heavy atom. The van der Waals surface area contributed by atoms with Gasteiger partial charge >= 0.3 is 6.18 Å². The minimum absolute atomic E-state index is 0.0426. The molecule has 1 atom stereocenters. The van der Waals surface area contributed by atoms with E-state index in [-0.39, 0.29) is 50.2 Å². The number of anilines is 1. The predicted molar refractivity (Wildman–Crippen MR) is 138 cm³/mol. The molecule has 0 bridgehead atoms. The molecule has 212 valence electrons. The predicted octanol–water partition coefficient (Wildman–Crippen LogP) is 6.57. The fourth-order valence-corrected chi connectivity index (χ4v) is 5.04. The number of carbonyl (C=O) groups is 2. The van der Waals surface area contributed by atoms with E-state index >= 15 is 4.39 Å². The third-order valence-electron chi connectivity index (χ3n) is 6.69. The van der Waals surface area contributed by atoms with Crippen LogP contribution in [0.2, 0.25) is 5.02 Å². The van der Waals surface area contributed by atoms with E-state index in [1.54, 1.807) is 0 Å². The monoisotopic (exact) mass is 601 g/mol. The molecule has 3 aromatic carbocycles. The van der Waals surface area contributed by atoms with Gasteiger partial charge in [-0.15, -0.1) is 0 Å². The van der Waals surface area contributed by atoms with Gasteiger partial charge in [-0.1, -0.05) is 11.6 Å². The molecule has 42 heavy (non-hydrogen) atoms. The second-order valence-electron chi connectivity index (χ2n) is 9.31. The van der Waals surface area contributed by atoms with Crippen LogP contribution in [-0.2, 0) is 6.18 Å². The smallest absolute Gasteiger partial charge is 0.341 e. The average Bonchev–Trinajstić information content (AvgIpc) is 3.55. The maximum absolute atomic E-state index is 15.4. The van der Waals surface area contributed by atoms with Gasteiger partial charge < -0.3 is 10.6 Å². The quantitative estimate of drug-likeness (QED) is 0.228. The van der Waals surface area contributed by atoms with Gasteiger partial charge in [0.05, 0.1) is 11.6 Å². The summed E-state index contributed by atoms with van der Waals surface area (Å²) in [6.07, 6.45) is -2.40. The van der Waals surface area contributed by atoms with Crippen LogP contribution in [0.1, 0.15) is 43.4 Å². The van der Waals surface area contributed by atoms with Crippen molar-refractivity contribution in [2.24, 2.45) is 0 Å². The van der Waals surface area contributed by atoms with Crippen LogP contribution in [0.15, 0.2) is 67.1 Å². The van der Waals surface area contributed by atoms with Crippen LogP contribution in [0.25, 0.3) is 16.8 Å². The Morgan fingerprint density at radius 2 is 1.76 bits per heavy atom. The molecule has 7 nitrogen and oxygen atoms in total. The number of hydrogen-bond acceptors (Lipinski definition) is 4. The number of pyridine rings is 1. The van der Waals surface area contributed by atoms with Gasteiger partial charge in [-0.05, 0) is 60.2 Å². The van der Waals surface area contributed by atoms with E-state index in [0.29, 0.717) is 12.1 Å². The molecule has 1 unspecified atom stereocenters. The SMILES string of the molecule is O=C(Nc1cc(-c2ccn3ncnc3c2F)cc2c1C(c1cc(F)ccc1Cl)NC2=O)c1cc(F)cc(C(F)(F)F)c1. The van der Waals surface area contributed by atoms with Gasteiger partial charge in [-0.2, -0.15) is 18.3 Å². The van der Waals surface area contributed by atoms with Gasteiger partial charge in [0.15, 0.2) is 11.5 Å². The molecular formula is C28H14ClF6N5O2. The molecule has 2 N–H and O–H groups in total. The Balaban J connectivity index is 1.53. The Kier molecular flexibility index (Phi) is 6.41. The molecule has 0 spiro atoms. The molecule has 3 heterocycles. The molecule has 2 amide bonds. The number of carbonyl (C=O) groups excluding carboxylic acids is 2. The van der Waals surface area contributed by atoms with E-state index in [0.717, 1.165) is 18.5 Å². The van der Waals surface area contributed by atoms with Crippen LogP contribution in [0.4, 0.5) is 32.0 Å². The first kappa shape index (κ1) is 27.3. The lowest BCUT2D eigenvalue weighted by molar-refractivity contribution is -0.137. The number of rotatable bonds is 4. The van der Waals surface area contributed by atoms with Crippen LogP contribution < -0.4 is 10.6 Å². The number of nitrogens with zero attached hydrogens (tertiary/aromatic N) is 3. The minimum atomic E-state index is -4.94. The van der Waals surface area contributed by atoms with Gasteiger partial charge in [0, 0.05) is 44.7 Å². The second kappa shape index (κ2) is 9.87. The number of nitrogens with one attached hydrogen (secondary N) is 2. The number of fused-ring (bicyclic) bond motifs is 2. The summed E-state index contributed by atoms with van der Waals surface area (Å²) in [7, 11) is 0. The molecule has 1 aliphatic rings. The van der Waals surface area contributed by atoms with Crippen molar-refractivity contribution in [3.05, 3.63) is 117 Å². The molecule has 5 aromatic rings. The molecular weight excluding hydrogens is 588 g/mol. The van der Waals surface area contributed by atoms with E-state index in [9.17, 15) is 31.5 Å². The summed E-state index contributed by atoms with van der Waals surface area (Å²) in [5.74, 6) is -4.63. The zero-order valence-electron chi connectivity index (χ0n) is 20.7. The van der Waals surface area contributed by atoms with E-state index in [1.807, 2.05) is 0 Å². The highest BCUT2D eigenvalue weighted by atomic mass is 35.5. The van der Waals surface area contributed by atoms with Gasteiger partial charge in [-0.3, -0.25) is 9.59 Å². The summed E-state index contributed by atoms with van der Waals surface area (Å²) in [4.78, 5) is 30.2. The highest BCUT2D eigenvalue weighted by Gasteiger charge is 2.36. The molecule has 1 aliphatic heterocycles. The Bertz CT molecular complexity index is 1940. The summed E-state index contributed by atoms with van der Waals surface area (Å²) in [6, 6.07) is 7.60. The number of alkyl halides is 3. The number of amides is 2. The summed E-state index contributed by atoms with van der Waals surface area (Å²) < 4.78 is 84.8. The largest absolute Gasteiger partial charge is 0.416 e. The average molecular weight is 602 g/mol. The maximum atomic E-state index is 15.4. The van der Waals surface area contributed by atoms with Gasteiger partial charge in [-0.25, -0.2) is 22.7 Å². The van der Waals surface area contributed by atoms with Crippen molar-refractivity contribution in [2.45, 2.75) is 12.2 Å². The molecule has 0 radical (unpaired) electrons. The Labute approximate surface area is 236 Å². The first-order valence-electron chi connectivity index (χ1n) is 12.0. The molecule has 0 fully saturated rings. The van der Waals surface area contributed by atoms with Crippen molar-refractivity contribution in [1.82, 2.24) is 19.9 Å². The highest BCUT2D eigenvalue weighted by molar-refractivity contribution is 6.31. The topological polar surface area (TPSA) is 88.4 Å². The van der Waals surface area contributed by atoms with Gasteiger partial charge in [0.2, 0.25) is 0 Å². The van der Waals surface area contributed by atoms with Crippen molar-refractivity contribution in [1.29, 1.82) is 0 Å². The van der Waals surface area contributed by atoms with Crippen LogP contribution >= 0.6 is 11.6 Å². The van der Waals surface area contributed by atoms with Crippen LogP contribution in [0, 0.1) is 17.5 Å². The third-order valence-corrected chi connectivity index (χ3v) is 7.04. The van der Waals surface area contributed by atoms with Gasteiger partial charge in [0.1, 0.15) is 18.0 Å². The first-order valence-corrected chi connectivity index (χ1v) is 12.4. The lowest BCUT2D eigenvalue weighted by Gasteiger charge is -2.19. The Hall–Kier alpha value is -4.91. The summed E-state index contributed by atoms with van der Waals surface area (Å²) in [5, 5.41) is 8.99. The minimum Gasteiger partial charge on any atom is -0.341 e. The van der Waals surface area contributed by atoms with Crippen LogP contribution in [0.5, 0.6) is 0 Å². The normalized spacial score (nSPS) is 14.6. The van der Waals surface area contributed by atoms with E-state index < -0.39 is 52.6 Å². The van der Waals surface area contributed by atoms with Crippen molar-refractivity contribution in [3.63, 3.8) is 0 Å². The van der Waals surface area contributed by atoms with Crippen molar-refractivity contribution in [2.75, 3.05) is 5.32 Å². The number of hydrogen-bond donors (Lipinski definition) is 2.